The molecule has 0 aromatic heterocycles. The Morgan fingerprint density at radius 1 is 0.889 bits per heavy atom. The number of nitrogens with one attached hydrogen (secondary N) is 1. The van der Waals surface area contributed by atoms with Gasteiger partial charge < -0.3 is 10.2 Å². The number of carbonyl (C=O) groups excluding carboxylic acids is 2. The molecule has 4 aromatic carbocycles. The number of halogens is 1. The van der Waals surface area contributed by atoms with Gasteiger partial charge >= 0.3 is 0 Å². The van der Waals surface area contributed by atoms with Gasteiger partial charge in [-0.15, -0.1) is 0 Å². The molecule has 4 aromatic rings. The normalized spacial score (nSPS) is 14.6. The van der Waals surface area contributed by atoms with Crippen molar-refractivity contribution in [3.63, 3.8) is 0 Å². The van der Waals surface area contributed by atoms with E-state index in [4.69, 9.17) is 11.6 Å². The van der Waals surface area contributed by atoms with Gasteiger partial charge in [-0.1, -0.05) is 66.2 Å². The maximum Gasteiger partial charge on any atom is 0.259 e. The molecule has 1 aliphatic heterocycles. The van der Waals surface area contributed by atoms with Gasteiger partial charge in [0.15, 0.2) is 0 Å². The van der Waals surface area contributed by atoms with Crippen LogP contribution in [0.15, 0.2) is 101 Å². The third-order valence-corrected chi connectivity index (χ3v) is 8.13. The van der Waals surface area contributed by atoms with Crippen molar-refractivity contribution >= 4 is 39.9 Å². The molecule has 5 nitrogen and oxygen atoms in total. The van der Waals surface area contributed by atoms with Crippen LogP contribution in [-0.2, 0) is 23.9 Å². The largest absolute Gasteiger partial charge is 0.348 e. The van der Waals surface area contributed by atoms with E-state index >= 15 is 0 Å². The van der Waals surface area contributed by atoms with E-state index < -0.39 is 10.8 Å². The number of amides is 2. The van der Waals surface area contributed by atoms with Crippen LogP contribution in [0.1, 0.15) is 37.4 Å². The van der Waals surface area contributed by atoms with Crippen LogP contribution in [0.2, 0.25) is 5.02 Å². The second-order valence-electron chi connectivity index (χ2n) is 8.54. The molecular formula is C29H23ClN2O3S. The minimum absolute atomic E-state index is 0.255. The van der Waals surface area contributed by atoms with Crippen molar-refractivity contribution in [1.82, 2.24) is 5.32 Å². The maximum atomic E-state index is 13.8. The Hall–Kier alpha value is -3.74. The van der Waals surface area contributed by atoms with Crippen molar-refractivity contribution in [3.05, 3.63) is 124 Å². The average molecular weight is 515 g/mol. The van der Waals surface area contributed by atoms with Crippen LogP contribution in [0.25, 0.3) is 0 Å². The minimum Gasteiger partial charge on any atom is -0.348 e. The molecule has 36 heavy (non-hydrogen) atoms. The number of fused-ring (bicyclic) bond motifs is 2. The molecular weight excluding hydrogens is 492 g/mol. The number of aryl methyl sites for hydroxylation is 1. The van der Waals surface area contributed by atoms with E-state index in [1.807, 2.05) is 49.4 Å². The molecule has 1 aliphatic rings. The van der Waals surface area contributed by atoms with E-state index in [0.717, 1.165) is 16.7 Å². The van der Waals surface area contributed by atoms with Gasteiger partial charge in [-0.3, -0.25) is 9.59 Å². The van der Waals surface area contributed by atoms with Crippen LogP contribution in [0.4, 0.5) is 5.69 Å². The van der Waals surface area contributed by atoms with Crippen LogP contribution in [-0.4, -0.2) is 16.0 Å². The molecule has 7 heteroatoms. The van der Waals surface area contributed by atoms with Crippen molar-refractivity contribution in [2.45, 2.75) is 29.8 Å². The lowest BCUT2D eigenvalue weighted by molar-refractivity contribution is 0.0947. The first-order valence-electron chi connectivity index (χ1n) is 11.5. The SMILES string of the molecule is Cc1ccccc1CN1C(=O)c2ccccc2[S@](=O)c2ccc(C(=O)NCc3ccccc3Cl)cc21. The second-order valence-corrected chi connectivity index (χ2v) is 10.4. The van der Waals surface area contributed by atoms with E-state index in [2.05, 4.69) is 5.32 Å². The monoisotopic (exact) mass is 514 g/mol. The molecule has 0 saturated heterocycles. The molecule has 1 atom stereocenters. The smallest absolute Gasteiger partial charge is 0.259 e. The number of rotatable bonds is 5. The van der Waals surface area contributed by atoms with E-state index in [-0.39, 0.29) is 24.9 Å². The fraction of sp³-hybridized carbons (Fsp3) is 0.103. The molecule has 0 spiro atoms. The number of nitrogens with zero attached hydrogens (tertiary/aromatic N) is 1. The number of hydrogen-bond acceptors (Lipinski definition) is 3. The predicted molar refractivity (Wildman–Crippen MR) is 142 cm³/mol. The Kier molecular flexibility index (Phi) is 6.72. The van der Waals surface area contributed by atoms with Gasteiger partial charge in [0.1, 0.15) is 0 Å². The molecule has 5 rings (SSSR count). The molecule has 180 valence electrons. The summed E-state index contributed by atoms with van der Waals surface area (Å²) < 4.78 is 13.6. The Morgan fingerprint density at radius 2 is 1.58 bits per heavy atom. The molecule has 0 unspecified atom stereocenters. The van der Waals surface area contributed by atoms with E-state index in [1.165, 1.54) is 0 Å². The number of anilines is 1. The quantitative estimate of drug-likeness (QED) is 0.360. The molecule has 0 saturated carbocycles. The Morgan fingerprint density at radius 3 is 2.36 bits per heavy atom. The van der Waals surface area contributed by atoms with Gasteiger partial charge in [-0.05, 0) is 60.0 Å². The number of benzene rings is 4. The summed E-state index contributed by atoms with van der Waals surface area (Å²) in [5, 5.41) is 3.46. The first kappa shape index (κ1) is 24.0. The lowest BCUT2D eigenvalue weighted by Crippen LogP contribution is -2.31. The summed E-state index contributed by atoms with van der Waals surface area (Å²) in [6.45, 7) is 2.54. The van der Waals surface area contributed by atoms with E-state index in [1.54, 1.807) is 53.4 Å². The third-order valence-electron chi connectivity index (χ3n) is 6.26. The van der Waals surface area contributed by atoms with Gasteiger partial charge in [0.25, 0.3) is 11.8 Å². The zero-order chi connectivity index (χ0) is 25.2. The standard InChI is InChI=1S/C29H23ClN2O3S/c1-19-8-2-3-10-22(19)18-32-25-16-20(28(33)31-17-21-9-4-6-12-24(21)30)14-15-27(25)36(35)26-13-7-5-11-23(26)29(32)34/h2-16H,17-18H2,1H3,(H,31,33)/t36-/m0/s1. The summed E-state index contributed by atoms with van der Waals surface area (Å²) >= 11 is 6.22. The average Bonchev–Trinajstić information content (AvgIpc) is 2.98. The van der Waals surface area contributed by atoms with E-state index in [9.17, 15) is 13.8 Å². The Balaban J connectivity index is 1.55. The topological polar surface area (TPSA) is 66.5 Å². The van der Waals surface area contributed by atoms with Crippen molar-refractivity contribution in [3.8, 4) is 0 Å². The first-order valence-corrected chi connectivity index (χ1v) is 13.0. The second kappa shape index (κ2) is 10.1. The summed E-state index contributed by atoms with van der Waals surface area (Å²) in [5.41, 5.74) is 4.03. The number of carbonyl (C=O) groups is 2. The summed E-state index contributed by atoms with van der Waals surface area (Å²) in [6, 6.07) is 27.1. The lowest BCUT2D eigenvalue weighted by atomic mass is 10.1. The molecule has 1 heterocycles. The molecule has 0 radical (unpaired) electrons. The summed E-state index contributed by atoms with van der Waals surface area (Å²) in [5.74, 6) is -0.567. The predicted octanol–water partition coefficient (Wildman–Crippen LogP) is 5.91. The molecule has 2 amide bonds. The summed E-state index contributed by atoms with van der Waals surface area (Å²) in [7, 11) is -1.58. The van der Waals surface area contributed by atoms with Gasteiger partial charge in [-0.2, -0.15) is 0 Å². The highest BCUT2D eigenvalue weighted by Crippen LogP contribution is 2.36. The fourth-order valence-corrected chi connectivity index (χ4v) is 5.79. The zero-order valence-electron chi connectivity index (χ0n) is 19.5. The van der Waals surface area contributed by atoms with Crippen LogP contribution < -0.4 is 10.2 Å². The zero-order valence-corrected chi connectivity index (χ0v) is 21.1. The van der Waals surface area contributed by atoms with Crippen molar-refractivity contribution in [2.75, 3.05) is 4.90 Å². The van der Waals surface area contributed by atoms with E-state index in [0.29, 0.717) is 31.6 Å². The highest BCUT2D eigenvalue weighted by Gasteiger charge is 2.31. The van der Waals surface area contributed by atoms with Crippen LogP contribution in [0, 0.1) is 6.92 Å². The highest BCUT2D eigenvalue weighted by atomic mass is 35.5. The summed E-state index contributed by atoms with van der Waals surface area (Å²) in [4.78, 5) is 29.4. The van der Waals surface area contributed by atoms with Crippen LogP contribution >= 0.6 is 11.6 Å². The first-order chi connectivity index (χ1) is 17.4. The molecule has 0 fully saturated rings. The lowest BCUT2D eigenvalue weighted by Gasteiger charge is -2.24. The van der Waals surface area contributed by atoms with Crippen molar-refractivity contribution < 1.29 is 13.8 Å². The molecule has 0 bridgehead atoms. The Labute approximate surface area is 217 Å². The van der Waals surface area contributed by atoms with Crippen molar-refractivity contribution in [1.29, 1.82) is 0 Å². The minimum atomic E-state index is -1.58. The molecule has 1 N–H and O–H groups in total. The number of hydrogen-bond donors (Lipinski definition) is 1. The fourth-order valence-electron chi connectivity index (χ4n) is 4.24. The Bertz CT molecular complexity index is 1520. The van der Waals surface area contributed by atoms with Crippen molar-refractivity contribution in [2.24, 2.45) is 0 Å². The van der Waals surface area contributed by atoms with Gasteiger partial charge in [0.05, 0.1) is 38.4 Å². The molecule has 0 aliphatic carbocycles. The van der Waals surface area contributed by atoms with Crippen LogP contribution in [0.3, 0.4) is 0 Å². The van der Waals surface area contributed by atoms with Gasteiger partial charge in [0, 0.05) is 17.1 Å². The highest BCUT2D eigenvalue weighted by molar-refractivity contribution is 7.85. The van der Waals surface area contributed by atoms with Gasteiger partial charge in [0.2, 0.25) is 0 Å². The maximum absolute atomic E-state index is 13.8. The summed E-state index contributed by atoms with van der Waals surface area (Å²) in [6.07, 6.45) is 0. The van der Waals surface area contributed by atoms with Gasteiger partial charge in [-0.25, -0.2) is 4.21 Å². The third kappa shape index (κ3) is 4.57. The van der Waals surface area contributed by atoms with Crippen LogP contribution in [0.5, 0.6) is 0 Å².